The SMILES string of the molecule is O=C(CNC(=O)C12CC3CC(CC(C3)C1)C2)NN1CCOCC1. The highest BCUT2D eigenvalue weighted by atomic mass is 16.5. The van der Waals surface area contributed by atoms with Gasteiger partial charge in [-0.05, 0) is 56.3 Å². The van der Waals surface area contributed by atoms with Crippen molar-refractivity contribution in [1.82, 2.24) is 15.8 Å². The number of hydrogen-bond acceptors (Lipinski definition) is 4. The second-order valence-corrected chi connectivity index (χ2v) is 8.01. The average Bonchev–Trinajstić information content (AvgIpc) is 2.52. The van der Waals surface area contributed by atoms with Gasteiger partial charge < -0.3 is 10.1 Å². The van der Waals surface area contributed by atoms with Crippen LogP contribution in [0, 0.1) is 23.2 Å². The zero-order chi connectivity index (χ0) is 15.9. The Morgan fingerprint density at radius 3 is 2.13 bits per heavy atom. The molecule has 0 unspecified atom stereocenters. The molecule has 6 nitrogen and oxygen atoms in total. The van der Waals surface area contributed by atoms with E-state index in [0.29, 0.717) is 26.3 Å². The smallest absolute Gasteiger partial charge is 0.253 e. The Morgan fingerprint density at radius 2 is 1.57 bits per heavy atom. The van der Waals surface area contributed by atoms with Gasteiger partial charge in [0.1, 0.15) is 0 Å². The van der Waals surface area contributed by atoms with Crippen molar-refractivity contribution < 1.29 is 14.3 Å². The molecule has 1 saturated heterocycles. The highest BCUT2D eigenvalue weighted by molar-refractivity contribution is 5.88. The van der Waals surface area contributed by atoms with Gasteiger partial charge in [-0.1, -0.05) is 0 Å². The summed E-state index contributed by atoms with van der Waals surface area (Å²) in [4.78, 5) is 24.8. The highest BCUT2D eigenvalue weighted by Crippen LogP contribution is 2.60. The minimum absolute atomic E-state index is 0.0813. The summed E-state index contributed by atoms with van der Waals surface area (Å²) in [5, 5.41) is 4.78. The van der Waals surface area contributed by atoms with E-state index in [1.807, 2.05) is 5.01 Å². The Balaban J connectivity index is 1.29. The largest absolute Gasteiger partial charge is 0.379 e. The number of carbonyl (C=O) groups excluding carboxylic acids is 2. The van der Waals surface area contributed by atoms with Crippen molar-refractivity contribution in [2.45, 2.75) is 38.5 Å². The summed E-state index contributed by atoms with van der Waals surface area (Å²) >= 11 is 0. The molecule has 6 heteroatoms. The van der Waals surface area contributed by atoms with Crippen LogP contribution in [0.5, 0.6) is 0 Å². The minimum Gasteiger partial charge on any atom is -0.379 e. The van der Waals surface area contributed by atoms with Crippen molar-refractivity contribution in [2.75, 3.05) is 32.8 Å². The Bertz CT molecular complexity index is 452. The van der Waals surface area contributed by atoms with Gasteiger partial charge in [0.25, 0.3) is 5.91 Å². The lowest BCUT2D eigenvalue weighted by Crippen LogP contribution is -2.56. The first-order valence-electron chi connectivity index (χ1n) is 9.03. The molecule has 0 spiro atoms. The third-order valence-corrected chi connectivity index (χ3v) is 6.22. The Hall–Kier alpha value is -1.14. The molecule has 4 aliphatic carbocycles. The number of ether oxygens (including phenoxy) is 1. The molecule has 5 rings (SSSR count). The number of amides is 2. The summed E-state index contributed by atoms with van der Waals surface area (Å²) in [7, 11) is 0. The molecule has 0 aromatic rings. The van der Waals surface area contributed by atoms with Gasteiger partial charge in [-0.25, -0.2) is 5.01 Å². The van der Waals surface area contributed by atoms with Crippen molar-refractivity contribution in [3.63, 3.8) is 0 Å². The van der Waals surface area contributed by atoms with E-state index in [-0.39, 0.29) is 23.8 Å². The van der Waals surface area contributed by atoms with E-state index in [9.17, 15) is 9.59 Å². The molecule has 0 aromatic carbocycles. The van der Waals surface area contributed by atoms with Gasteiger partial charge in [-0.3, -0.25) is 15.0 Å². The molecule has 5 fully saturated rings. The zero-order valence-electron chi connectivity index (χ0n) is 13.7. The second kappa shape index (κ2) is 6.06. The molecule has 4 saturated carbocycles. The first-order valence-corrected chi connectivity index (χ1v) is 9.03. The molecule has 2 amide bonds. The van der Waals surface area contributed by atoms with Gasteiger partial charge in [0.15, 0.2) is 0 Å². The molecular formula is C17H27N3O3. The zero-order valence-corrected chi connectivity index (χ0v) is 13.7. The predicted molar refractivity (Wildman–Crippen MR) is 84.1 cm³/mol. The minimum atomic E-state index is -0.173. The highest BCUT2D eigenvalue weighted by Gasteiger charge is 2.54. The van der Waals surface area contributed by atoms with Crippen molar-refractivity contribution in [3.8, 4) is 0 Å². The monoisotopic (exact) mass is 321 g/mol. The summed E-state index contributed by atoms with van der Waals surface area (Å²) in [6.45, 7) is 2.76. The maximum absolute atomic E-state index is 12.8. The van der Waals surface area contributed by atoms with Crippen LogP contribution in [0.25, 0.3) is 0 Å². The van der Waals surface area contributed by atoms with Crippen LogP contribution in [0.1, 0.15) is 38.5 Å². The number of nitrogens with one attached hydrogen (secondary N) is 2. The predicted octanol–water partition coefficient (Wildman–Crippen LogP) is 0.682. The lowest BCUT2D eigenvalue weighted by atomic mass is 9.49. The van der Waals surface area contributed by atoms with Crippen molar-refractivity contribution in [3.05, 3.63) is 0 Å². The van der Waals surface area contributed by atoms with Crippen LogP contribution in [0.15, 0.2) is 0 Å². The van der Waals surface area contributed by atoms with E-state index in [2.05, 4.69) is 10.7 Å². The Labute approximate surface area is 137 Å². The van der Waals surface area contributed by atoms with E-state index in [0.717, 1.165) is 37.0 Å². The van der Waals surface area contributed by atoms with Crippen LogP contribution < -0.4 is 10.7 Å². The number of hydrazine groups is 1. The third-order valence-electron chi connectivity index (χ3n) is 6.22. The summed E-state index contributed by atoms with van der Waals surface area (Å²) in [6.07, 6.45) is 7.08. The first-order chi connectivity index (χ1) is 11.1. The summed E-state index contributed by atoms with van der Waals surface area (Å²) in [5.41, 5.74) is 2.68. The van der Waals surface area contributed by atoms with Crippen LogP contribution in [-0.2, 0) is 14.3 Å². The van der Waals surface area contributed by atoms with Crippen LogP contribution in [0.4, 0.5) is 0 Å². The van der Waals surface area contributed by atoms with E-state index < -0.39 is 0 Å². The molecule has 2 N–H and O–H groups in total. The standard InChI is InChI=1S/C17H27N3O3/c21-15(19-20-1-3-23-4-2-20)11-18-16(22)17-8-12-5-13(9-17)7-14(6-12)10-17/h12-14H,1-11H2,(H,18,22)(H,19,21). The van der Waals surface area contributed by atoms with Crippen LogP contribution in [0.2, 0.25) is 0 Å². The maximum atomic E-state index is 12.8. The molecule has 1 aliphatic heterocycles. The molecule has 128 valence electrons. The van der Waals surface area contributed by atoms with Gasteiger partial charge in [0, 0.05) is 18.5 Å². The van der Waals surface area contributed by atoms with Crippen LogP contribution >= 0.6 is 0 Å². The van der Waals surface area contributed by atoms with Crippen molar-refractivity contribution in [1.29, 1.82) is 0 Å². The van der Waals surface area contributed by atoms with Crippen LogP contribution in [0.3, 0.4) is 0 Å². The van der Waals surface area contributed by atoms with E-state index in [4.69, 9.17) is 4.74 Å². The average molecular weight is 321 g/mol. The molecule has 0 radical (unpaired) electrons. The molecule has 0 aromatic heterocycles. The lowest BCUT2D eigenvalue weighted by Gasteiger charge is -2.55. The van der Waals surface area contributed by atoms with E-state index in [1.165, 1.54) is 19.3 Å². The topological polar surface area (TPSA) is 70.7 Å². The number of carbonyl (C=O) groups is 2. The van der Waals surface area contributed by atoms with E-state index in [1.54, 1.807) is 0 Å². The molecule has 0 atom stereocenters. The van der Waals surface area contributed by atoms with E-state index >= 15 is 0 Å². The lowest BCUT2D eigenvalue weighted by molar-refractivity contribution is -0.147. The molecule has 5 aliphatic rings. The van der Waals surface area contributed by atoms with Gasteiger partial charge in [-0.15, -0.1) is 0 Å². The fraction of sp³-hybridized carbons (Fsp3) is 0.882. The quantitative estimate of drug-likeness (QED) is 0.799. The number of hydrogen-bond donors (Lipinski definition) is 2. The van der Waals surface area contributed by atoms with Crippen molar-refractivity contribution >= 4 is 11.8 Å². The first kappa shape index (κ1) is 15.4. The number of nitrogens with zero attached hydrogens (tertiary/aromatic N) is 1. The fourth-order valence-electron chi connectivity index (χ4n) is 5.63. The molecular weight excluding hydrogens is 294 g/mol. The van der Waals surface area contributed by atoms with Crippen LogP contribution in [-0.4, -0.2) is 49.7 Å². The normalized spacial score (nSPS) is 39.2. The summed E-state index contributed by atoms with van der Waals surface area (Å²) in [5.74, 6) is 2.22. The third kappa shape index (κ3) is 3.11. The van der Waals surface area contributed by atoms with Gasteiger partial charge >= 0.3 is 0 Å². The molecule has 23 heavy (non-hydrogen) atoms. The summed E-state index contributed by atoms with van der Waals surface area (Å²) < 4.78 is 5.25. The molecule has 4 bridgehead atoms. The van der Waals surface area contributed by atoms with Gasteiger partial charge in [0.2, 0.25) is 5.91 Å². The fourth-order valence-corrected chi connectivity index (χ4v) is 5.63. The van der Waals surface area contributed by atoms with Crippen molar-refractivity contribution in [2.24, 2.45) is 23.2 Å². The maximum Gasteiger partial charge on any atom is 0.253 e. The molecule has 1 heterocycles. The Morgan fingerprint density at radius 1 is 1.00 bits per heavy atom. The Kier molecular flexibility index (Phi) is 4.05. The number of rotatable bonds is 4. The number of morpholine rings is 1. The summed E-state index contributed by atoms with van der Waals surface area (Å²) in [6, 6.07) is 0. The van der Waals surface area contributed by atoms with Gasteiger partial charge in [-0.2, -0.15) is 0 Å². The second-order valence-electron chi connectivity index (χ2n) is 8.01. The van der Waals surface area contributed by atoms with Gasteiger partial charge in [0.05, 0.1) is 19.8 Å².